The van der Waals surface area contributed by atoms with Gasteiger partial charge in [-0.25, -0.2) is 0 Å². The summed E-state index contributed by atoms with van der Waals surface area (Å²) in [6, 6.07) is 9.36. The molecule has 0 aliphatic rings. The van der Waals surface area contributed by atoms with Gasteiger partial charge in [-0.15, -0.1) is 0 Å². The van der Waals surface area contributed by atoms with E-state index < -0.39 is 0 Å². The highest BCUT2D eigenvalue weighted by molar-refractivity contribution is 5.16. The van der Waals surface area contributed by atoms with Crippen molar-refractivity contribution in [1.82, 2.24) is 0 Å². The van der Waals surface area contributed by atoms with Crippen molar-refractivity contribution in [2.24, 2.45) is 10.8 Å². The van der Waals surface area contributed by atoms with Crippen molar-refractivity contribution in [2.45, 2.75) is 25.4 Å². The lowest BCUT2D eigenvalue weighted by atomic mass is 10.0. The molecule has 5 nitrogen and oxygen atoms in total. The minimum atomic E-state index is -0.319. The number of hydrogen-bond donors (Lipinski definition) is 1. The van der Waals surface area contributed by atoms with Crippen LogP contribution in [0.1, 0.15) is 12.5 Å². The number of nitrogens with two attached hydrogens (primary N) is 1. The third-order valence-electron chi connectivity index (χ3n) is 2.50. The van der Waals surface area contributed by atoms with Gasteiger partial charge in [0.2, 0.25) is 0 Å². The number of benzene rings is 1. The van der Waals surface area contributed by atoms with Gasteiger partial charge in [0.1, 0.15) is 0 Å². The van der Waals surface area contributed by atoms with E-state index in [0.717, 1.165) is 5.56 Å². The molecule has 92 valence electrons. The number of ether oxygens (including phenoxy) is 1. The molecule has 0 spiro atoms. The predicted molar refractivity (Wildman–Crippen MR) is 67.5 cm³/mol. The first-order valence-electron chi connectivity index (χ1n) is 5.69. The van der Waals surface area contributed by atoms with Gasteiger partial charge in [0.05, 0.1) is 12.6 Å². The zero-order chi connectivity index (χ0) is 12.5. The second-order valence-corrected chi connectivity index (χ2v) is 3.79. The monoisotopic (exact) mass is 234 g/mol. The molecule has 2 atom stereocenters. The summed E-state index contributed by atoms with van der Waals surface area (Å²) in [5.41, 5.74) is 15.7. The average Bonchev–Trinajstić information content (AvgIpc) is 2.35. The van der Waals surface area contributed by atoms with Crippen LogP contribution in [0.15, 0.2) is 35.4 Å². The van der Waals surface area contributed by atoms with Crippen molar-refractivity contribution in [3.63, 3.8) is 0 Å². The van der Waals surface area contributed by atoms with Crippen molar-refractivity contribution in [3.05, 3.63) is 46.3 Å². The second-order valence-electron chi connectivity index (χ2n) is 3.79. The zero-order valence-corrected chi connectivity index (χ0v) is 9.99. The summed E-state index contributed by atoms with van der Waals surface area (Å²) in [5.74, 6) is 0. The van der Waals surface area contributed by atoms with E-state index in [-0.39, 0.29) is 12.1 Å². The first kappa shape index (κ1) is 13.5. The van der Waals surface area contributed by atoms with Gasteiger partial charge in [-0.1, -0.05) is 35.4 Å². The van der Waals surface area contributed by atoms with Gasteiger partial charge in [-0.05, 0) is 24.4 Å². The van der Waals surface area contributed by atoms with Crippen molar-refractivity contribution in [3.8, 4) is 0 Å². The maximum absolute atomic E-state index is 8.50. The lowest BCUT2D eigenvalue weighted by molar-refractivity contribution is 0.126. The molecule has 1 unspecified atom stereocenters. The Hall–Kier alpha value is -1.55. The van der Waals surface area contributed by atoms with Crippen LogP contribution in [0.2, 0.25) is 0 Å². The fourth-order valence-electron chi connectivity index (χ4n) is 1.57. The smallest absolute Gasteiger partial charge is 0.0762 e. The first-order valence-corrected chi connectivity index (χ1v) is 5.69. The number of hydrogen-bond acceptors (Lipinski definition) is 3. The average molecular weight is 234 g/mol. The lowest BCUT2D eigenvalue weighted by Gasteiger charge is -2.19. The van der Waals surface area contributed by atoms with Crippen LogP contribution in [0.3, 0.4) is 0 Å². The highest BCUT2D eigenvalue weighted by Crippen LogP contribution is 2.07. The largest absolute Gasteiger partial charge is 0.381 e. The molecule has 0 fully saturated rings. The Morgan fingerprint density at radius 3 is 2.71 bits per heavy atom. The van der Waals surface area contributed by atoms with E-state index in [0.29, 0.717) is 19.6 Å². The van der Waals surface area contributed by atoms with Gasteiger partial charge in [0, 0.05) is 17.6 Å². The molecule has 5 heteroatoms. The van der Waals surface area contributed by atoms with Crippen LogP contribution in [0, 0.1) is 0 Å². The summed E-state index contributed by atoms with van der Waals surface area (Å²) >= 11 is 0. The van der Waals surface area contributed by atoms with E-state index in [1.54, 1.807) is 0 Å². The summed E-state index contributed by atoms with van der Waals surface area (Å²) in [7, 11) is 0. The van der Waals surface area contributed by atoms with E-state index in [1.165, 1.54) is 0 Å². The van der Waals surface area contributed by atoms with Crippen LogP contribution in [-0.4, -0.2) is 25.3 Å². The molecule has 0 amide bonds. The Morgan fingerprint density at radius 2 is 2.12 bits per heavy atom. The summed E-state index contributed by atoms with van der Waals surface area (Å²) in [5, 5.41) is 3.69. The Balaban J connectivity index is 2.58. The van der Waals surface area contributed by atoms with Crippen molar-refractivity contribution in [2.75, 3.05) is 13.2 Å². The topological polar surface area (TPSA) is 84.0 Å². The highest BCUT2D eigenvalue weighted by atomic mass is 16.5. The first-order chi connectivity index (χ1) is 8.27. The normalized spacial score (nSPS) is 13.8. The van der Waals surface area contributed by atoms with Gasteiger partial charge < -0.3 is 10.5 Å². The molecule has 0 bridgehead atoms. The Morgan fingerprint density at radius 1 is 1.41 bits per heavy atom. The molecule has 0 aliphatic carbocycles. The summed E-state index contributed by atoms with van der Waals surface area (Å²) in [4.78, 5) is 2.82. The minimum Gasteiger partial charge on any atom is -0.381 e. The molecule has 1 rings (SSSR count). The highest BCUT2D eigenvalue weighted by Gasteiger charge is 2.16. The van der Waals surface area contributed by atoms with E-state index in [1.807, 2.05) is 37.3 Å². The molecule has 1 aromatic rings. The Kier molecular flexibility index (Phi) is 6.10. The maximum atomic E-state index is 8.50. The zero-order valence-electron chi connectivity index (χ0n) is 9.99. The van der Waals surface area contributed by atoms with E-state index in [2.05, 4.69) is 10.0 Å². The van der Waals surface area contributed by atoms with Gasteiger partial charge in [0.15, 0.2) is 0 Å². The molecule has 2 N–H and O–H groups in total. The summed E-state index contributed by atoms with van der Waals surface area (Å²) < 4.78 is 5.26. The standard InChI is InChI=1S/C12H18N4O/c1-2-17-9-12(15-16-14)11(13)8-10-6-4-3-5-7-10/h3-7,11-12H,2,8-9,13H2,1H3/t11?,12-/m0/s1. The molecule has 0 aromatic heterocycles. The molecule has 0 aliphatic heterocycles. The van der Waals surface area contributed by atoms with Crippen molar-refractivity contribution >= 4 is 0 Å². The van der Waals surface area contributed by atoms with Crippen LogP contribution in [-0.2, 0) is 11.2 Å². The van der Waals surface area contributed by atoms with Crippen LogP contribution >= 0.6 is 0 Å². The molecule has 0 saturated heterocycles. The van der Waals surface area contributed by atoms with Crippen LogP contribution in [0.5, 0.6) is 0 Å². The predicted octanol–water partition coefficient (Wildman–Crippen LogP) is 2.27. The van der Waals surface area contributed by atoms with E-state index in [4.69, 9.17) is 16.0 Å². The SMILES string of the molecule is CCOC[C@H](N=[N+]=[N-])C(N)Cc1ccccc1. The van der Waals surface area contributed by atoms with Gasteiger partial charge in [0.25, 0.3) is 0 Å². The van der Waals surface area contributed by atoms with Gasteiger partial charge in [-0.3, -0.25) is 0 Å². The number of nitrogens with zero attached hydrogens (tertiary/aromatic N) is 3. The Labute approximate surface area is 101 Å². The molecule has 0 radical (unpaired) electrons. The van der Waals surface area contributed by atoms with Crippen LogP contribution in [0.25, 0.3) is 10.4 Å². The lowest BCUT2D eigenvalue weighted by Crippen LogP contribution is -2.38. The van der Waals surface area contributed by atoms with Gasteiger partial charge in [-0.2, -0.15) is 0 Å². The third kappa shape index (κ3) is 4.87. The fourth-order valence-corrected chi connectivity index (χ4v) is 1.57. The quantitative estimate of drug-likeness (QED) is 0.446. The molecule has 17 heavy (non-hydrogen) atoms. The van der Waals surface area contributed by atoms with E-state index in [9.17, 15) is 0 Å². The molecular weight excluding hydrogens is 216 g/mol. The maximum Gasteiger partial charge on any atom is 0.0762 e. The van der Waals surface area contributed by atoms with Crippen LogP contribution in [0.4, 0.5) is 0 Å². The second kappa shape index (κ2) is 7.68. The summed E-state index contributed by atoms with van der Waals surface area (Å²) in [6.45, 7) is 2.86. The van der Waals surface area contributed by atoms with Crippen molar-refractivity contribution in [1.29, 1.82) is 0 Å². The van der Waals surface area contributed by atoms with Crippen molar-refractivity contribution < 1.29 is 4.74 Å². The van der Waals surface area contributed by atoms with Gasteiger partial charge >= 0.3 is 0 Å². The molecule has 0 saturated carbocycles. The number of rotatable bonds is 7. The number of azide groups is 1. The minimum absolute atomic E-state index is 0.222. The van der Waals surface area contributed by atoms with E-state index >= 15 is 0 Å². The Bertz CT molecular complexity index is 362. The van der Waals surface area contributed by atoms with Crippen LogP contribution < -0.4 is 5.73 Å². The summed E-state index contributed by atoms with van der Waals surface area (Å²) in [6.07, 6.45) is 0.678. The fraction of sp³-hybridized carbons (Fsp3) is 0.500. The molecular formula is C12H18N4O. The third-order valence-corrected chi connectivity index (χ3v) is 2.50. The molecule has 1 aromatic carbocycles. The molecule has 0 heterocycles.